The maximum atomic E-state index is 10.6. The van der Waals surface area contributed by atoms with Crippen LogP contribution in [0.5, 0.6) is 23.0 Å². The van der Waals surface area contributed by atoms with E-state index >= 15 is 0 Å². The fraction of sp³-hybridized carbons (Fsp3) is 0.0625. The smallest absolute Gasteiger partial charge is 0.173 e. The molecule has 5 aromatic rings. The molecule has 0 amide bonds. The van der Waals surface area contributed by atoms with E-state index in [9.17, 15) is 10.2 Å². The van der Waals surface area contributed by atoms with Gasteiger partial charge in [-0.15, -0.1) is 0 Å². The summed E-state index contributed by atoms with van der Waals surface area (Å²) < 4.78 is 16.2. The molecule has 0 atom stereocenters. The topological polar surface area (TPSA) is 58.9 Å². The first-order valence-electron chi connectivity index (χ1n) is 12.4. The molecular weight excluding hydrogens is 988 g/mol. The number of hydrogen-bond donors (Lipinski definition) is 2. The lowest BCUT2D eigenvalue weighted by Crippen LogP contribution is -2.07. The van der Waals surface area contributed by atoms with E-state index in [1.54, 1.807) is 0 Å². The molecule has 4 nitrogen and oxygen atoms in total. The van der Waals surface area contributed by atoms with E-state index in [2.05, 4.69) is 151 Å². The van der Waals surface area contributed by atoms with Crippen LogP contribution in [0.4, 0.5) is 0 Å². The van der Waals surface area contributed by atoms with Gasteiger partial charge in [0.05, 0.1) is 18.0 Å². The summed E-state index contributed by atoms with van der Waals surface area (Å²) in [4.78, 5) is 3.39. The SMILES string of the molecule is Oc1c(I)cc(I)cc1COc1cc(OCc2cc(I)cc(I)c2O)cc([S+](c2ccccc2)c2ccccc2)c1. The van der Waals surface area contributed by atoms with Crippen LogP contribution in [0.1, 0.15) is 11.1 Å². The number of halogens is 4. The van der Waals surface area contributed by atoms with Gasteiger partial charge >= 0.3 is 0 Å². The van der Waals surface area contributed by atoms with Gasteiger partial charge in [-0.1, -0.05) is 36.4 Å². The Labute approximate surface area is 296 Å². The average Bonchev–Trinajstić information content (AvgIpc) is 2.96. The molecule has 0 spiro atoms. The number of hydrogen-bond acceptors (Lipinski definition) is 4. The van der Waals surface area contributed by atoms with Crippen LogP contribution in [0.3, 0.4) is 0 Å². The number of phenols is 2. The molecule has 0 aliphatic heterocycles. The third-order valence-electron chi connectivity index (χ3n) is 6.05. The molecule has 0 aromatic heterocycles. The Morgan fingerprint density at radius 3 is 1.34 bits per heavy atom. The van der Waals surface area contributed by atoms with Crippen LogP contribution < -0.4 is 9.47 Å². The van der Waals surface area contributed by atoms with Crippen molar-refractivity contribution in [1.29, 1.82) is 0 Å². The highest BCUT2D eigenvalue weighted by Crippen LogP contribution is 2.37. The molecule has 0 bridgehead atoms. The van der Waals surface area contributed by atoms with Crippen LogP contribution in [0, 0.1) is 14.3 Å². The van der Waals surface area contributed by atoms with Crippen LogP contribution in [0.15, 0.2) is 118 Å². The minimum Gasteiger partial charge on any atom is -0.506 e. The van der Waals surface area contributed by atoms with E-state index < -0.39 is 10.9 Å². The van der Waals surface area contributed by atoms with Crippen LogP contribution in [0.2, 0.25) is 0 Å². The van der Waals surface area contributed by atoms with E-state index in [0.717, 1.165) is 30.3 Å². The van der Waals surface area contributed by atoms with Crippen LogP contribution in [-0.2, 0) is 24.1 Å². The maximum absolute atomic E-state index is 10.6. The van der Waals surface area contributed by atoms with Crippen molar-refractivity contribution in [3.05, 3.63) is 129 Å². The van der Waals surface area contributed by atoms with Gasteiger partial charge in [0.25, 0.3) is 0 Å². The van der Waals surface area contributed by atoms with Gasteiger partial charge in [-0.2, -0.15) is 0 Å². The van der Waals surface area contributed by atoms with Crippen LogP contribution in [-0.4, -0.2) is 10.2 Å². The van der Waals surface area contributed by atoms with Crippen LogP contribution >= 0.6 is 90.4 Å². The summed E-state index contributed by atoms with van der Waals surface area (Å²) in [6.45, 7) is 0.420. The van der Waals surface area contributed by atoms with Gasteiger partial charge in [0, 0.05) is 36.5 Å². The number of benzene rings is 5. The zero-order valence-corrected chi connectivity index (χ0v) is 30.8. The molecule has 0 fully saturated rings. The van der Waals surface area contributed by atoms with Gasteiger partial charge in [-0.25, -0.2) is 0 Å². The van der Waals surface area contributed by atoms with Crippen molar-refractivity contribution in [3.63, 3.8) is 0 Å². The molecule has 0 aliphatic rings. The summed E-state index contributed by atoms with van der Waals surface area (Å²) in [6.07, 6.45) is 0. The number of phenolic OH excluding ortho intramolecular Hbond substituents is 2. The Morgan fingerprint density at radius 2 is 0.927 bits per heavy atom. The summed E-state index contributed by atoms with van der Waals surface area (Å²) in [5.74, 6) is 1.74. The largest absolute Gasteiger partial charge is 0.506 e. The Hall–Kier alpha value is -1.43. The third kappa shape index (κ3) is 7.95. The fourth-order valence-corrected chi connectivity index (χ4v) is 10.2. The monoisotopic (exact) mass is 1010 g/mol. The number of aromatic hydroxyl groups is 2. The lowest BCUT2D eigenvalue weighted by atomic mass is 10.2. The van der Waals surface area contributed by atoms with E-state index in [-0.39, 0.29) is 24.7 Å². The second-order valence-corrected chi connectivity index (χ2v) is 15.8. The van der Waals surface area contributed by atoms with E-state index in [4.69, 9.17) is 9.47 Å². The molecule has 0 radical (unpaired) electrons. The molecular formula is C32H23I4O4S+. The molecule has 5 rings (SSSR count). The molecule has 208 valence electrons. The first-order valence-corrected chi connectivity index (χ1v) is 17.9. The molecule has 2 N–H and O–H groups in total. The second-order valence-electron chi connectivity index (χ2n) is 8.94. The van der Waals surface area contributed by atoms with Crippen molar-refractivity contribution < 1.29 is 19.7 Å². The standard InChI is InChI=1S/C32H22I4O4S/c33-22-11-20(31(37)29(35)13-22)18-39-24-15-25(40-19-21-12-23(34)14-30(36)32(21)38)17-28(16-24)41(26-7-3-1-4-8-26)27-9-5-2-6-10-27/h1-17H,18-19H2,(H-,37,38)/p+1. The van der Waals surface area contributed by atoms with Gasteiger partial charge in [0.1, 0.15) is 36.2 Å². The van der Waals surface area contributed by atoms with Crippen LogP contribution in [0.25, 0.3) is 0 Å². The first-order chi connectivity index (χ1) is 19.8. The van der Waals surface area contributed by atoms with E-state index in [1.165, 1.54) is 9.79 Å². The summed E-state index contributed by atoms with van der Waals surface area (Å²) >= 11 is 8.76. The zero-order valence-electron chi connectivity index (χ0n) is 21.4. The molecule has 0 unspecified atom stereocenters. The molecule has 0 aliphatic carbocycles. The Morgan fingerprint density at radius 1 is 0.512 bits per heavy atom. The van der Waals surface area contributed by atoms with Crippen molar-refractivity contribution in [2.75, 3.05) is 0 Å². The normalized spacial score (nSPS) is 11.0. The minimum atomic E-state index is -0.418. The lowest BCUT2D eigenvalue weighted by Gasteiger charge is -2.15. The van der Waals surface area contributed by atoms with Gasteiger partial charge in [-0.3, -0.25) is 0 Å². The van der Waals surface area contributed by atoms with Crippen molar-refractivity contribution in [2.24, 2.45) is 0 Å². The summed E-state index contributed by atoms with van der Waals surface area (Å²) in [6, 6.07) is 34.5. The summed E-state index contributed by atoms with van der Waals surface area (Å²) in [5, 5.41) is 21.3. The Bertz CT molecular complexity index is 1550. The van der Waals surface area contributed by atoms with Gasteiger partial charge in [0.2, 0.25) is 0 Å². The van der Waals surface area contributed by atoms with Crippen molar-refractivity contribution in [3.8, 4) is 23.0 Å². The molecule has 0 heterocycles. The predicted molar refractivity (Wildman–Crippen MR) is 197 cm³/mol. The summed E-state index contributed by atoms with van der Waals surface area (Å²) in [5.41, 5.74) is 1.44. The van der Waals surface area contributed by atoms with Crippen molar-refractivity contribution >= 4 is 101 Å². The average molecular weight is 1010 g/mol. The zero-order chi connectivity index (χ0) is 28.9. The van der Waals surface area contributed by atoms with Gasteiger partial charge in [-0.05, 0) is 139 Å². The highest BCUT2D eigenvalue weighted by atomic mass is 127. The first kappa shape index (κ1) is 31.0. The highest BCUT2D eigenvalue weighted by molar-refractivity contribution is 14.1. The molecule has 5 aromatic carbocycles. The van der Waals surface area contributed by atoms with Crippen molar-refractivity contribution in [1.82, 2.24) is 0 Å². The summed E-state index contributed by atoms with van der Waals surface area (Å²) in [7, 11) is -0.418. The fourth-order valence-electron chi connectivity index (χ4n) is 4.13. The minimum absolute atomic E-state index is 0.210. The molecule has 9 heteroatoms. The second kappa shape index (κ2) is 14.4. The molecule has 0 saturated heterocycles. The molecule has 41 heavy (non-hydrogen) atoms. The predicted octanol–water partition coefficient (Wildman–Crippen LogP) is 9.77. The maximum Gasteiger partial charge on any atom is 0.173 e. The van der Waals surface area contributed by atoms with Crippen molar-refractivity contribution in [2.45, 2.75) is 27.9 Å². The van der Waals surface area contributed by atoms with E-state index in [1.807, 2.05) is 42.5 Å². The van der Waals surface area contributed by atoms with Gasteiger partial charge < -0.3 is 19.7 Å². The highest BCUT2D eigenvalue weighted by Gasteiger charge is 2.30. The lowest BCUT2D eigenvalue weighted by molar-refractivity contribution is 0.282. The number of ether oxygens (including phenoxy) is 2. The third-order valence-corrected chi connectivity index (χ3v) is 11.1. The Balaban J connectivity index is 1.55. The van der Waals surface area contributed by atoms with E-state index in [0.29, 0.717) is 11.5 Å². The van der Waals surface area contributed by atoms with Gasteiger partial charge in [0.15, 0.2) is 14.7 Å². The Kier molecular flexibility index (Phi) is 10.9. The number of rotatable bonds is 9. The molecule has 0 saturated carbocycles. The quantitative estimate of drug-likeness (QED) is 0.114.